The minimum atomic E-state index is -5.15. The fraction of sp³-hybridized carbons (Fsp3) is 0.689. The number of carbonyl (C=O) groups is 2. The number of aliphatic hydroxyl groups is 6. The minimum Gasteiger partial charge on any atom is -0.462 e. The van der Waals surface area contributed by atoms with Crippen molar-refractivity contribution in [2.45, 2.75) is 185 Å². The zero-order valence-corrected chi connectivity index (χ0v) is 36.7. The van der Waals surface area contributed by atoms with Crippen LogP contribution in [0.3, 0.4) is 0 Å². The molecule has 0 spiro atoms. The third-order valence-electron chi connectivity index (χ3n) is 9.58. The maximum atomic E-state index is 12.8. The van der Waals surface area contributed by atoms with Gasteiger partial charge < -0.3 is 45.0 Å². The molecule has 4 unspecified atom stereocenters. The summed E-state index contributed by atoms with van der Waals surface area (Å²) >= 11 is 0. The topological polar surface area (TPSA) is 230 Å². The molecule has 0 bridgehead atoms. The molecule has 0 heterocycles. The summed E-state index contributed by atoms with van der Waals surface area (Å²) in [6.07, 6.45) is 25.6. The van der Waals surface area contributed by atoms with Crippen LogP contribution < -0.4 is 0 Å². The van der Waals surface area contributed by atoms with E-state index in [1.165, 1.54) is 19.3 Å². The van der Waals surface area contributed by atoms with Crippen molar-refractivity contribution in [1.82, 2.24) is 0 Å². The first-order valence-electron chi connectivity index (χ1n) is 21.8. The van der Waals surface area contributed by atoms with Gasteiger partial charge in [-0.1, -0.05) is 125 Å². The van der Waals surface area contributed by atoms with Crippen LogP contribution in [-0.4, -0.2) is 110 Å². The molecule has 9 atom stereocenters. The standard InChI is InChI=1S/C45H75O14P/c1-3-5-7-9-11-13-14-15-16-18-20-24-29-33-39(48)58-37(35-57-60(54,55)59-45-43(52)41(50)40(49)42(51)44(45)53)34-56-38(47)32-28-25-21-23-27-31-36(46)30-26-22-19-17-12-10-8-6-4-2/h7,9,12-14,17,21-23,26-27,31,36-37,40-46,49-53H,3-6,8,10-11,15-16,18-20,24-25,28-30,32-35H2,1-2H3,(H,54,55)/b9-7-,14-13-,17-12-,23-21+,26-22-,31-27-/t36?,37-,40?,41-,42+,43-,44-,45?/m1/s1. The lowest BCUT2D eigenvalue weighted by atomic mass is 9.85. The predicted octanol–water partition coefficient (Wildman–Crippen LogP) is 6.91. The number of rotatable bonds is 34. The van der Waals surface area contributed by atoms with Gasteiger partial charge >= 0.3 is 19.8 Å². The van der Waals surface area contributed by atoms with Crippen LogP contribution in [0.25, 0.3) is 0 Å². The van der Waals surface area contributed by atoms with Gasteiger partial charge in [0.1, 0.15) is 43.2 Å². The molecule has 1 saturated carbocycles. The van der Waals surface area contributed by atoms with E-state index in [4.69, 9.17) is 18.5 Å². The van der Waals surface area contributed by atoms with Crippen molar-refractivity contribution < 1.29 is 68.2 Å². The third-order valence-corrected chi connectivity index (χ3v) is 10.6. The van der Waals surface area contributed by atoms with Crippen molar-refractivity contribution in [3.8, 4) is 0 Å². The molecule has 344 valence electrons. The van der Waals surface area contributed by atoms with E-state index < -0.39 is 81.8 Å². The van der Waals surface area contributed by atoms with Gasteiger partial charge in [0.15, 0.2) is 6.10 Å². The summed E-state index contributed by atoms with van der Waals surface area (Å²) in [7, 11) is -5.15. The molecular formula is C45H75O14P. The molecule has 0 saturated heterocycles. The molecule has 60 heavy (non-hydrogen) atoms. The Morgan fingerprint density at radius 2 is 1.15 bits per heavy atom. The van der Waals surface area contributed by atoms with Gasteiger partial charge in [0.2, 0.25) is 0 Å². The first kappa shape index (κ1) is 55.3. The van der Waals surface area contributed by atoms with E-state index in [9.17, 15) is 49.7 Å². The molecule has 1 rings (SSSR count). The Balaban J connectivity index is 2.58. The van der Waals surface area contributed by atoms with Gasteiger partial charge in [0, 0.05) is 12.8 Å². The lowest BCUT2D eigenvalue weighted by Gasteiger charge is -2.41. The number of esters is 2. The third kappa shape index (κ3) is 27.2. The lowest BCUT2D eigenvalue weighted by molar-refractivity contribution is -0.220. The number of aliphatic hydroxyl groups excluding tert-OH is 6. The molecule has 0 aromatic rings. The van der Waals surface area contributed by atoms with E-state index in [0.717, 1.165) is 64.2 Å². The Labute approximate surface area is 358 Å². The first-order chi connectivity index (χ1) is 28.8. The second kappa shape index (κ2) is 34.8. The number of unbranched alkanes of at least 4 members (excludes halogenated alkanes) is 10. The van der Waals surface area contributed by atoms with E-state index >= 15 is 0 Å². The van der Waals surface area contributed by atoms with Crippen LogP contribution in [0.1, 0.15) is 136 Å². The van der Waals surface area contributed by atoms with Crippen molar-refractivity contribution in [2.75, 3.05) is 13.2 Å². The van der Waals surface area contributed by atoms with Crippen LogP contribution in [0.4, 0.5) is 0 Å². The zero-order chi connectivity index (χ0) is 44.4. The Bertz CT molecular complexity index is 1340. The number of phosphoric acid groups is 1. The van der Waals surface area contributed by atoms with Crippen LogP contribution in [0, 0.1) is 0 Å². The molecule has 7 N–H and O–H groups in total. The summed E-state index contributed by atoms with van der Waals surface area (Å²) in [5, 5.41) is 60.2. The fourth-order valence-electron chi connectivity index (χ4n) is 5.98. The molecule has 1 aliphatic carbocycles. The molecule has 0 amide bonds. The summed E-state index contributed by atoms with van der Waals surface area (Å²) < 4.78 is 33.3. The van der Waals surface area contributed by atoms with E-state index in [1.807, 2.05) is 18.2 Å². The van der Waals surface area contributed by atoms with Crippen LogP contribution in [0.2, 0.25) is 0 Å². The van der Waals surface area contributed by atoms with Crippen LogP contribution in [0.15, 0.2) is 72.9 Å². The summed E-state index contributed by atoms with van der Waals surface area (Å²) in [5.74, 6) is -1.25. The molecular weight excluding hydrogens is 795 g/mol. The predicted molar refractivity (Wildman–Crippen MR) is 231 cm³/mol. The first-order valence-corrected chi connectivity index (χ1v) is 23.3. The molecule has 0 radical (unpaired) electrons. The fourth-order valence-corrected chi connectivity index (χ4v) is 6.96. The Morgan fingerprint density at radius 3 is 1.80 bits per heavy atom. The Hall–Kier alpha value is -2.75. The van der Waals surface area contributed by atoms with Gasteiger partial charge in [0.05, 0.1) is 12.7 Å². The number of phosphoric ester groups is 1. The lowest BCUT2D eigenvalue weighted by Crippen LogP contribution is -2.64. The van der Waals surface area contributed by atoms with E-state index in [0.29, 0.717) is 25.7 Å². The van der Waals surface area contributed by atoms with Crippen molar-refractivity contribution in [1.29, 1.82) is 0 Å². The zero-order valence-electron chi connectivity index (χ0n) is 35.8. The molecule has 14 nitrogen and oxygen atoms in total. The second-order valence-electron chi connectivity index (χ2n) is 15.0. The maximum absolute atomic E-state index is 12.8. The summed E-state index contributed by atoms with van der Waals surface area (Å²) in [5.41, 5.74) is 0. The average molecular weight is 871 g/mol. The minimum absolute atomic E-state index is 0.0252. The SMILES string of the molecule is CCC/C=C\C/C=C\CCCCCCCC(=O)O[C@H](COC(=O)CCC/C=C/C=C\C(O)C/C=C\C/C=C\CCCCC)COP(=O)(O)OC1[C@H](O)[C@H](O)C(O)[C@H](O)[C@H]1O. The van der Waals surface area contributed by atoms with Crippen molar-refractivity contribution in [3.63, 3.8) is 0 Å². The highest BCUT2D eigenvalue weighted by Gasteiger charge is 2.51. The van der Waals surface area contributed by atoms with E-state index in [-0.39, 0.29) is 12.8 Å². The van der Waals surface area contributed by atoms with Gasteiger partial charge in [0.25, 0.3) is 0 Å². The maximum Gasteiger partial charge on any atom is 0.472 e. The summed E-state index contributed by atoms with van der Waals surface area (Å²) in [6, 6.07) is 0. The molecule has 0 aromatic heterocycles. The van der Waals surface area contributed by atoms with E-state index in [2.05, 4.69) is 50.3 Å². The molecule has 0 aliphatic heterocycles. The highest BCUT2D eigenvalue weighted by molar-refractivity contribution is 7.47. The van der Waals surface area contributed by atoms with Crippen molar-refractivity contribution >= 4 is 19.8 Å². The number of hydrogen-bond acceptors (Lipinski definition) is 13. The van der Waals surface area contributed by atoms with Gasteiger partial charge in [-0.2, -0.15) is 0 Å². The molecule has 15 heteroatoms. The van der Waals surface area contributed by atoms with E-state index in [1.54, 1.807) is 18.2 Å². The molecule has 1 aliphatic rings. The number of carbonyl (C=O) groups excluding carboxylic acids is 2. The number of ether oxygens (including phenoxy) is 2. The van der Waals surface area contributed by atoms with Gasteiger partial charge in [-0.25, -0.2) is 4.57 Å². The van der Waals surface area contributed by atoms with Crippen LogP contribution in [0.5, 0.6) is 0 Å². The van der Waals surface area contributed by atoms with Crippen molar-refractivity contribution in [2.24, 2.45) is 0 Å². The molecule has 1 fully saturated rings. The second-order valence-corrected chi connectivity index (χ2v) is 16.4. The highest BCUT2D eigenvalue weighted by atomic mass is 31.2. The Kier molecular flexibility index (Phi) is 32.0. The average Bonchev–Trinajstić information content (AvgIpc) is 3.22. The smallest absolute Gasteiger partial charge is 0.462 e. The van der Waals surface area contributed by atoms with Crippen LogP contribution >= 0.6 is 7.82 Å². The monoisotopic (exact) mass is 870 g/mol. The quantitative estimate of drug-likeness (QED) is 0.0115. The van der Waals surface area contributed by atoms with Gasteiger partial charge in [-0.05, 0) is 70.6 Å². The van der Waals surface area contributed by atoms with Gasteiger partial charge in [-0.3, -0.25) is 18.6 Å². The Morgan fingerprint density at radius 1 is 0.600 bits per heavy atom. The summed E-state index contributed by atoms with van der Waals surface area (Å²) in [4.78, 5) is 35.6. The van der Waals surface area contributed by atoms with Gasteiger partial charge in [-0.15, -0.1) is 0 Å². The highest BCUT2D eigenvalue weighted by Crippen LogP contribution is 2.47. The summed E-state index contributed by atoms with van der Waals surface area (Å²) in [6.45, 7) is 3.04. The van der Waals surface area contributed by atoms with Crippen molar-refractivity contribution in [3.05, 3.63) is 72.9 Å². The molecule has 0 aromatic carbocycles. The number of allylic oxidation sites excluding steroid dienone is 10. The largest absolute Gasteiger partial charge is 0.472 e. The normalized spacial score (nSPS) is 23.4. The van der Waals surface area contributed by atoms with Crippen LogP contribution in [-0.2, 0) is 32.7 Å². The number of hydrogen-bond donors (Lipinski definition) is 7.